The Kier molecular flexibility index (Phi) is 4.04. The first kappa shape index (κ1) is 13.8. The molecule has 1 aromatic carbocycles. The quantitative estimate of drug-likeness (QED) is 0.941. The zero-order valence-electron chi connectivity index (χ0n) is 10.9. The van der Waals surface area contributed by atoms with Crippen LogP contribution in [0.2, 0.25) is 0 Å². The van der Waals surface area contributed by atoms with Crippen molar-refractivity contribution in [1.82, 2.24) is 9.78 Å². The van der Waals surface area contributed by atoms with Crippen molar-refractivity contribution in [3.05, 3.63) is 40.0 Å². The summed E-state index contributed by atoms with van der Waals surface area (Å²) in [7, 11) is 1.76. The van der Waals surface area contributed by atoms with Crippen LogP contribution in [0.4, 0.5) is 0 Å². The van der Waals surface area contributed by atoms with E-state index in [1.807, 2.05) is 12.1 Å². The van der Waals surface area contributed by atoms with E-state index in [1.54, 1.807) is 11.7 Å². The monoisotopic (exact) mass is 322 g/mol. The third kappa shape index (κ3) is 2.87. The number of aliphatic carboxylic acids is 1. The summed E-state index contributed by atoms with van der Waals surface area (Å²) in [6, 6.07) is 8.15. The Morgan fingerprint density at radius 3 is 2.53 bits per heavy atom. The maximum absolute atomic E-state index is 10.8. The number of benzene rings is 1. The highest BCUT2D eigenvalue weighted by molar-refractivity contribution is 9.10. The van der Waals surface area contributed by atoms with Gasteiger partial charge in [-0.15, -0.1) is 0 Å². The maximum Gasteiger partial charge on any atom is 0.309 e. The van der Waals surface area contributed by atoms with Gasteiger partial charge in [0.25, 0.3) is 0 Å². The highest BCUT2D eigenvalue weighted by Gasteiger charge is 2.17. The zero-order chi connectivity index (χ0) is 14.0. The summed E-state index contributed by atoms with van der Waals surface area (Å²) in [5.74, 6) is -0.864. The summed E-state index contributed by atoms with van der Waals surface area (Å²) in [5, 5.41) is 13.3. The molecule has 100 valence electrons. The highest BCUT2D eigenvalue weighted by Crippen LogP contribution is 2.30. The van der Waals surface area contributed by atoms with Gasteiger partial charge in [-0.3, -0.25) is 9.48 Å². The van der Waals surface area contributed by atoms with E-state index < -0.39 is 5.97 Å². The van der Waals surface area contributed by atoms with Gasteiger partial charge in [-0.2, -0.15) is 5.10 Å². The normalized spacial score (nSPS) is 10.7. The Hall–Kier alpha value is -1.62. The molecule has 0 radical (unpaired) electrons. The van der Waals surface area contributed by atoms with Gasteiger partial charge in [-0.1, -0.05) is 31.2 Å². The fraction of sp³-hybridized carbons (Fsp3) is 0.286. The van der Waals surface area contributed by atoms with Crippen molar-refractivity contribution in [2.75, 3.05) is 0 Å². The number of rotatable bonds is 4. The van der Waals surface area contributed by atoms with Crippen LogP contribution >= 0.6 is 15.9 Å². The van der Waals surface area contributed by atoms with Crippen molar-refractivity contribution in [2.45, 2.75) is 19.8 Å². The number of hydrogen-bond acceptors (Lipinski definition) is 2. The molecule has 0 aliphatic carbocycles. The first-order chi connectivity index (χ1) is 9.02. The number of hydrogen-bond donors (Lipinski definition) is 1. The molecule has 5 heteroatoms. The Morgan fingerprint density at radius 1 is 1.37 bits per heavy atom. The van der Waals surface area contributed by atoms with E-state index >= 15 is 0 Å². The van der Waals surface area contributed by atoms with E-state index in [9.17, 15) is 4.79 Å². The van der Waals surface area contributed by atoms with Crippen LogP contribution in [-0.4, -0.2) is 20.9 Å². The molecule has 0 spiro atoms. The minimum Gasteiger partial charge on any atom is -0.481 e. The van der Waals surface area contributed by atoms with Gasteiger partial charge in [0.05, 0.1) is 16.6 Å². The van der Waals surface area contributed by atoms with E-state index in [2.05, 4.69) is 40.1 Å². The van der Waals surface area contributed by atoms with Crippen molar-refractivity contribution in [3.63, 3.8) is 0 Å². The van der Waals surface area contributed by atoms with Crippen LogP contribution in [0, 0.1) is 0 Å². The molecule has 1 N–H and O–H groups in total. The van der Waals surface area contributed by atoms with Crippen LogP contribution in [0.3, 0.4) is 0 Å². The standard InChI is InChI=1S/C14H15BrN2O2/c1-3-9-4-6-10(7-5-9)14-13(15)11(8-12(18)19)17(2)16-14/h4-7H,3,8H2,1-2H3,(H,18,19). The molecule has 4 nitrogen and oxygen atoms in total. The molecule has 2 rings (SSSR count). The molecule has 0 unspecified atom stereocenters. The number of nitrogens with zero attached hydrogens (tertiary/aromatic N) is 2. The molecule has 0 bridgehead atoms. The smallest absolute Gasteiger partial charge is 0.309 e. The van der Waals surface area contributed by atoms with Gasteiger partial charge in [-0.25, -0.2) is 0 Å². The van der Waals surface area contributed by atoms with E-state index in [-0.39, 0.29) is 6.42 Å². The second-order valence-electron chi connectivity index (χ2n) is 4.35. The second-order valence-corrected chi connectivity index (χ2v) is 5.15. The first-order valence-corrected chi connectivity index (χ1v) is 6.84. The van der Waals surface area contributed by atoms with Gasteiger partial charge in [0.2, 0.25) is 0 Å². The van der Waals surface area contributed by atoms with Crippen LogP contribution in [0.1, 0.15) is 18.2 Å². The van der Waals surface area contributed by atoms with Crippen molar-refractivity contribution in [2.24, 2.45) is 7.05 Å². The molecule has 0 saturated carbocycles. The summed E-state index contributed by atoms with van der Waals surface area (Å²) in [6.45, 7) is 2.11. The zero-order valence-corrected chi connectivity index (χ0v) is 12.4. The van der Waals surface area contributed by atoms with Crippen LogP contribution in [0.15, 0.2) is 28.7 Å². The Bertz CT molecular complexity index is 603. The van der Waals surface area contributed by atoms with Crippen LogP contribution in [0.25, 0.3) is 11.3 Å². The number of aryl methyl sites for hydroxylation is 2. The molecule has 1 aromatic heterocycles. The highest BCUT2D eigenvalue weighted by atomic mass is 79.9. The molecule has 0 aliphatic rings. The summed E-state index contributed by atoms with van der Waals surface area (Å²) < 4.78 is 2.36. The van der Waals surface area contributed by atoms with Crippen molar-refractivity contribution in [1.29, 1.82) is 0 Å². The topological polar surface area (TPSA) is 55.1 Å². The average molecular weight is 323 g/mol. The molecular formula is C14H15BrN2O2. The average Bonchev–Trinajstić information content (AvgIpc) is 2.66. The van der Waals surface area contributed by atoms with Crippen LogP contribution in [-0.2, 0) is 24.7 Å². The van der Waals surface area contributed by atoms with Gasteiger partial charge in [0.1, 0.15) is 5.69 Å². The van der Waals surface area contributed by atoms with Gasteiger partial charge in [0.15, 0.2) is 0 Å². The minimum absolute atomic E-state index is 0.0445. The molecule has 0 amide bonds. The number of carboxylic acid groups (broad SMARTS) is 1. The molecular weight excluding hydrogens is 308 g/mol. The van der Waals surface area contributed by atoms with E-state index in [0.29, 0.717) is 5.69 Å². The van der Waals surface area contributed by atoms with Crippen LogP contribution < -0.4 is 0 Å². The minimum atomic E-state index is -0.864. The lowest BCUT2D eigenvalue weighted by atomic mass is 10.1. The Labute approximate surface area is 120 Å². The predicted octanol–water partition coefficient (Wildman–Crippen LogP) is 3.04. The lowest BCUT2D eigenvalue weighted by molar-refractivity contribution is -0.136. The van der Waals surface area contributed by atoms with Gasteiger partial charge < -0.3 is 5.11 Å². The fourth-order valence-corrected chi connectivity index (χ4v) is 2.66. The Morgan fingerprint density at radius 2 is 2.00 bits per heavy atom. The van der Waals surface area contributed by atoms with Crippen molar-refractivity contribution >= 4 is 21.9 Å². The number of aromatic nitrogens is 2. The predicted molar refractivity (Wildman–Crippen MR) is 77.1 cm³/mol. The summed E-state index contributed by atoms with van der Waals surface area (Å²) in [5.41, 5.74) is 3.70. The summed E-state index contributed by atoms with van der Waals surface area (Å²) in [6.07, 6.45) is 0.949. The summed E-state index contributed by atoms with van der Waals surface area (Å²) in [4.78, 5) is 10.8. The fourth-order valence-electron chi connectivity index (χ4n) is 1.95. The third-order valence-electron chi connectivity index (χ3n) is 3.06. The largest absolute Gasteiger partial charge is 0.481 e. The Balaban J connectivity index is 2.42. The van der Waals surface area contributed by atoms with E-state index in [4.69, 9.17) is 5.11 Å². The molecule has 0 atom stereocenters. The number of carbonyl (C=O) groups is 1. The third-order valence-corrected chi connectivity index (χ3v) is 3.89. The maximum atomic E-state index is 10.8. The van der Waals surface area contributed by atoms with Crippen molar-refractivity contribution in [3.8, 4) is 11.3 Å². The molecule has 2 aromatic rings. The van der Waals surface area contributed by atoms with Gasteiger partial charge >= 0.3 is 5.97 Å². The lowest BCUT2D eigenvalue weighted by Gasteiger charge is -2.00. The van der Waals surface area contributed by atoms with Crippen LogP contribution in [0.5, 0.6) is 0 Å². The molecule has 0 fully saturated rings. The van der Waals surface area contributed by atoms with Gasteiger partial charge in [-0.05, 0) is 27.9 Å². The first-order valence-electron chi connectivity index (χ1n) is 6.05. The van der Waals surface area contributed by atoms with Gasteiger partial charge in [0, 0.05) is 12.6 Å². The second kappa shape index (κ2) is 5.57. The molecule has 0 aliphatic heterocycles. The van der Waals surface area contributed by atoms with E-state index in [0.717, 1.165) is 22.2 Å². The lowest BCUT2D eigenvalue weighted by Crippen LogP contribution is -2.06. The SMILES string of the molecule is CCc1ccc(-c2nn(C)c(CC(=O)O)c2Br)cc1. The number of halogens is 1. The molecule has 0 saturated heterocycles. The summed E-state index contributed by atoms with van der Waals surface area (Å²) >= 11 is 3.46. The van der Waals surface area contributed by atoms with E-state index in [1.165, 1.54) is 5.56 Å². The molecule has 19 heavy (non-hydrogen) atoms. The number of carboxylic acids is 1. The van der Waals surface area contributed by atoms with Crippen molar-refractivity contribution < 1.29 is 9.90 Å². The molecule has 1 heterocycles.